The molecule has 0 aromatic heterocycles. The van der Waals surface area contributed by atoms with Gasteiger partial charge in [0.25, 0.3) is 0 Å². The smallest absolute Gasteiger partial charge is 0.307 e. The Kier molecular flexibility index (Phi) is 5.75. The van der Waals surface area contributed by atoms with Crippen molar-refractivity contribution in [3.05, 3.63) is 35.9 Å². The molecule has 0 aliphatic rings. The lowest BCUT2D eigenvalue weighted by Gasteiger charge is -2.26. The summed E-state index contributed by atoms with van der Waals surface area (Å²) in [5.41, 5.74) is 0.944. The maximum Gasteiger partial charge on any atom is 0.307 e. The van der Waals surface area contributed by atoms with Gasteiger partial charge in [-0.1, -0.05) is 44.2 Å². The molecule has 0 spiro atoms. The molecule has 1 aromatic rings. The predicted molar refractivity (Wildman–Crippen MR) is 82.8 cm³/mol. The Morgan fingerprint density at radius 2 is 1.70 bits per heavy atom. The lowest BCUT2D eigenvalue weighted by atomic mass is 9.84. The van der Waals surface area contributed by atoms with Crippen LogP contribution in [0.2, 0.25) is 0 Å². The number of hydrogen-bond donors (Lipinski definition) is 1. The van der Waals surface area contributed by atoms with Gasteiger partial charge < -0.3 is 10.1 Å². The molecule has 0 aliphatic heterocycles. The van der Waals surface area contributed by atoms with Crippen LogP contribution in [0, 0.1) is 0 Å². The van der Waals surface area contributed by atoms with Gasteiger partial charge in [-0.05, 0) is 26.3 Å². The van der Waals surface area contributed by atoms with Crippen LogP contribution in [0.4, 0.5) is 0 Å². The molecule has 1 aromatic carbocycles. The lowest BCUT2D eigenvalue weighted by Crippen LogP contribution is -2.34. The minimum Gasteiger partial charge on any atom is -0.460 e. The van der Waals surface area contributed by atoms with Gasteiger partial charge in [0.15, 0.2) is 0 Å². The SMILES string of the molecule is CC(C)(C)OC(=O)CCNCC(C)(C)c1ccccc1. The zero-order chi connectivity index (χ0) is 15.2. The monoisotopic (exact) mass is 277 g/mol. The van der Waals surface area contributed by atoms with Gasteiger partial charge in [-0.25, -0.2) is 0 Å². The van der Waals surface area contributed by atoms with E-state index in [0.717, 1.165) is 6.54 Å². The lowest BCUT2D eigenvalue weighted by molar-refractivity contribution is -0.154. The number of carbonyl (C=O) groups excluding carboxylic acids is 1. The van der Waals surface area contributed by atoms with Gasteiger partial charge in [-0.2, -0.15) is 0 Å². The molecule has 0 radical (unpaired) electrons. The second-order valence-corrected chi connectivity index (χ2v) is 6.76. The third-order valence-electron chi connectivity index (χ3n) is 3.05. The second kappa shape index (κ2) is 6.89. The fraction of sp³-hybridized carbons (Fsp3) is 0.588. The van der Waals surface area contributed by atoms with Crippen LogP contribution in [0.5, 0.6) is 0 Å². The van der Waals surface area contributed by atoms with E-state index in [9.17, 15) is 4.79 Å². The van der Waals surface area contributed by atoms with E-state index in [0.29, 0.717) is 13.0 Å². The number of nitrogens with one attached hydrogen (secondary N) is 1. The molecule has 0 fully saturated rings. The molecule has 112 valence electrons. The first kappa shape index (κ1) is 16.7. The molecule has 0 saturated heterocycles. The molecule has 0 unspecified atom stereocenters. The highest BCUT2D eigenvalue weighted by Gasteiger charge is 2.20. The van der Waals surface area contributed by atoms with Gasteiger partial charge in [0.05, 0.1) is 6.42 Å². The highest BCUT2D eigenvalue weighted by molar-refractivity contribution is 5.70. The third-order valence-corrected chi connectivity index (χ3v) is 3.05. The van der Waals surface area contributed by atoms with Crippen LogP contribution >= 0.6 is 0 Å². The molecule has 1 N–H and O–H groups in total. The van der Waals surface area contributed by atoms with Crippen molar-refractivity contribution < 1.29 is 9.53 Å². The normalized spacial score (nSPS) is 12.2. The van der Waals surface area contributed by atoms with E-state index in [1.54, 1.807) is 0 Å². The largest absolute Gasteiger partial charge is 0.460 e. The van der Waals surface area contributed by atoms with Crippen molar-refractivity contribution in [3.8, 4) is 0 Å². The Balaban J connectivity index is 2.32. The van der Waals surface area contributed by atoms with Gasteiger partial charge in [0, 0.05) is 18.5 Å². The van der Waals surface area contributed by atoms with Crippen molar-refractivity contribution in [2.75, 3.05) is 13.1 Å². The first-order valence-electron chi connectivity index (χ1n) is 7.19. The number of hydrogen-bond acceptors (Lipinski definition) is 3. The molecule has 0 atom stereocenters. The highest BCUT2D eigenvalue weighted by atomic mass is 16.6. The van der Waals surface area contributed by atoms with E-state index in [2.05, 4.69) is 43.4 Å². The summed E-state index contributed by atoms with van der Waals surface area (Å²) in [6.45, 7) is 11.5. The zero-order valence-corrected chi connectivity index (χ0v) is 13.3. The van der Waals surface area contributed by atoms with Gasteiger partial charge in [0.1, 0.15) is 5.60 Å². The van der Waals surface area contributed by atoms with Crippen molar-refractivity contribution in [2.24, 2.45) is 0 Å². The molecule has 20 heavy (non-hydrogen) atoms. The van der Waals surface area contributed by atoms with E-state index in [1.807, 2.05) is 26.8 Å². The Hall–Kier alpha value is -1.35. The minimum atomic E-state index is -0.402. The second-order valence-electron chi connectivity index (χ2n) is 6.76. The maximum atomic E-state index is 11.6. The average molecular weight is 277 g/mol. The predicted octanol–water partition coefficient (Wildman–Crippen LogP) is 3.29. The van der Waals surface area contributed by atoms with Gasteiger partial charge >= 0.3 is 5.97 Å². The fourth-order valence-electron chi connectivity index (χ4n) is 1.98. The fourth-order valence-corrected chi connectivity index (χ4v) is 1.98. The van der Waals surface area contributed by atoms with Gasteiger partial charge in [-0.3, -0.25) is 4.79 Å². The standard InChI is InChI=1S/C17H27NO2/c1-16(2,3)20-15(19)11-12-18-13-17(4,5)14-9-7-6-8-10-14/h6-10,18H,11-13H2,1-5H3. The first-order chi connectivity index (χ1) is 9.21. The summed E-state index contributed by atoms with van der Waals surface area (Å²) >= 11 is 0. The Labute approximate surface area is 122 Å². The van der Waals surface area contributed by atoms with Crippen molar-refractivity contribution >= 4 is 5.97 Å². The average Bonchev–Trinajstić information content (AvgIpc) is 2.34. The van der Waals surface area contributed by atoms with Crippen molar-refractivity contribution in [2.45, 2.75) is 52.1 Å². The quantitative estimate of drug-likeness (QED) is 0.640. The number of esters is 1. The summed E-state index contributed by atoms with van der Waals surface area (Å²) in [5, 5.41) is 3.34. The van der Waals surface area contributed by atoms with E-state index in [-0.39, 0.29) is 11.4 Å². The number of ether oxygens (including phenoxy) is 1. The van der Waals surface area contributed by atoms with E-state index < -0.39 is 5.60 Å². The van der Waals surface area contributed by atoms with E-state index in [1.165, 1.54) is 5.56 Å². The molecule has 0 aliphatic carbocycles. The minimum absolute atomic E-state index is 0.0508. The van der Waals surface area contributed by atoms with Crippen LogP contribution < -0.4 is 5.32 Å². The zero-order valence-electron chi connectivity index (χ0n) is 13.3. The maximum absolute atomic E-state index is 11.6. The van der Waals surface area contributed by atoms with E-state index in [4.69, 9.17) is 4.74 Å². The molecule has 1 rings (SSSR count). The Morgan fingerprint density at radius 1 is 1.10 bits per heavy atom. The molecule has 3 nitrogen and oxygen atoms in total. The molecule has 0 heterocycles. The summed E-state index contributed by atoms with van der Waals surface area (Å²) in [6.07, 6.45) is 0.405. The molecule has 0 saturated carbocycles. The molecule has 3 heteroatoms. The summed E-state index contributed by atoms with van der Waals surface area (Å²) in [7, 11) is 0. The van der Waals surface area contributed by atoms with Crippen LogP contribution in [-0.2, 0) is 14.9 Å². The van der Waals surface area contributed by atoms with Gasteiger partial charge in [0.2, 0.25) is 0 Å². The van der Waals surface area contributed by atoms with Crippen molar-refractivity contribution in [3.63, 3.8) is 0 Å². The van der Waals surface area contributed by atoms with Crippen LogP contribution in [0.1, 0.15) is 46.6 Å². The molecular formula is C17H27NO2. The summed E-state index contributed by atoms with van der Waals surface area (Å²) in [6, 6.07) is 10.4. The van der Waals surface area contributed by atoms with Crippen molar-refractivity contribution in [1.29, 1.82) is 0 Å². The third kappa shape index (κ3) is 6.20. The van der Waals surface area contributed by atoms with E-state index >= 15 is 0 Å². The Bertz CT molecular complexity index is 418. The highest BCUT2D eigenvalue weighted by Crippen LogP contribution is 2.21. The van der Waals surface area contributed by atoms with Crippen LogP contribution in [-0.4, -0.2) is 24.7 Å². The van der Waals surface area contributed by atoms with Crippen LogP contribution in [0.25, 0.3) is 0 Å². The number of benzene rings is 1. The van der Waals surface area contributed by atoms with Crippen LogP contribution in [0.3, 0.4) is 0 Å². The summed E-state index contributed by atoms with van der Waals surface area (Å²) in [4.78, 5) is 11.6. The molecule has 0 amide bonds. The topological polar surface area (TPSA) is 38.3 Å². The number of rotatable bonds is 6. The van der Waals surface area contributed by atoms with Crippen LogP contribution in [0.15, 0.2) is 30.3 Å². The first-order valence-corrected chi connectivity index (χ1v) is 7.19. The van der Waals surface area contributed by atoms with Crippen molar-refractivity contribution in [1.82, 2.24) is 5.32 Å². The summed E-state index contributed by atoms with van der Waals surface area (Å²) in [5.74, 6) is -0.150. The number of carbonyl (C=O) groups is 1. The van der Waals surface area contributed by atoms with Gasteiger partial charge in [-0.15, -0.1) is 0 Å². The molecule has 0 bridgehead atoms. The summed E-state index contributed by atoms with van der Waals surface area (Å²) < 4.78 is 5.28. The molecular weight excluding hydrogens is 250 g/mol. The Morgan fingerprint density at radius 3 is 2.25 bits per heavy atom.